The highest BCUT2D eigenvalue weighted by molar-refractivity contribution is 5.46. The van der Waals surface area contributed by atoms with E-state index in [2.05, 4.69) is 121 Å². The van der Waals surface area contributed by atoms with E-state index in [9.17, 15) is 0 Å². The summed E-state index contributed by atoms with van der Waals surface area (Å²) >= 11 is 0. The molecule has 0 bridgehead atoms. The molecule has 0 aromatic heterocycles. The fourth-order valence-corrected chi connectivity index (χ4v) is 4.94. The lowest BCUT2D eigenvalue weighted by atomic mass is 9.75. The smallest absolute Gasteiger partial charge is 0.0129 e. The van der Waals surface area contributed by atoms with Crippen molar-refractivity contribution in [3.8, 4) is 0 Å². The number of benzene rings is 2. The Kier molecular flexibility index (Phi) is 7.75. The Labute approximate surface area is 206 Å². The van der Waals surface area contributed by atoms with Gasteiger partial charge in [-0.3, -0.25) is 0 Å². The monoisotopic (exact) mass is 448 g/mol. The van der Waals surface area contributed by atoms with Crippen LogP contribution in [0.3, 0.4) is 0 Å². The van der Waals surface area contributed by atoms with Gasteiger partial charge in [-0.25, -0.2) is 0 Å². The van der Waals surface area contributed by atoms with Crippen LogP contribution in [-0.2, 0) is 34.5 Å². The summed E-state index contributed by atoms with van der Waals surface area (Å²) in [7, 11) is 0. The second-order valence-corrected chi connectivity index (χ2v) is 14.5. The molecule has 184 valence electrons. The summed E-state index contributed by atoms with van der Waals surface area (Å²) in [6, 6.07) is 9.86. The van der Waals surface area contributed by atoms with Crippen molar-refractivity contribution >= 4 is 0 Å². The van der Waals surface area contributed by atoms with Crippen LogP contribution in [0.25, 0.3) is 0 Å². The molecule has 0 saturated heterocycles. The van der Waals surface area contributed by atoms with E-state index in [1.54, 1.807) is 11.1 Å². The molecule has 2 rings (SSSR count). The largest absolute Gasteiger partial charge is 0.0561 e. The Bertz CT molecular complexity index is 892. The van der Waals surface area contributed by atoms with Crippen LogP contribution in [0.4, 0.5) is 0 Å². The van der Waals surface area contributed by atoms with E-state index in [-0.39, 0.29) is 21.7 Å². The molecule has 0 aliphatic carbocycles. The van der Waals surface area contributed by atoms with Crippen LogP contribution >= 0.6 is 0 Å². The molecule has 0 heterocycles. The van der Waals surface area contributed by atoms with Gasteiger partial charge in [0.1, 0.15) is 0 Å². The van der Waals surface area contributed by atoms with E-state index < -0.39 is 0 Å². The van der Waals surface area contributed by atoms with Crippen LogP contribution in [0.15, 0.2) is 24.3 Å². The van der Waals surface area contributed by atoms with Crippen LogP contribution in [-0.4, -0.2) is 0 Å². The van der Waals surface area contributed by atoms with Crippen molar-refractivity contribution in [3.05, 3.63) is 68.8 Å². The van der Waals surface area contributed by atoms with E-state index in [1.165, 1.54) is 39.8 Å². The van der Waals surface area contributed by atoms with Gasteiger partial charge in [-0.15, -0.1) is 0 Å². The summed E-state index contributed by atoms with van der Waals surface area (Å²) in [5, 5.41) is 0. The molecule has 0 heteroatoms. The second-order valence-electron chi connectivity index (χ2n) is 14.5. The molecule has 0 aliphatic rings. The van der Waals surface area contributed by atoms with E-state index in [0.29, 0.717) is 0 Å². The van der Waals surface area contributed by atoms with Gasteiger partial charge in [-0.05, 0) is 99.3 Å². The molecule has 2 aromatic rings. The highest BCUT2D eigenvalue weighted by Crippen LogP contribution is 2.36. The minimum Gasteiger partial charge on any atom is -0.0561 e. The van der Waals surface area contributed by atoms with Gasteiger partial charge in [0.2, 0.25) is 0 Å². The molecule has 2 aromatic carbocycles. The Morgan fingerprint density at radius 1 is 0.455 bits per heavy atom. The van der Waals surface area contributed by atoms with Crippen molar-refractivity contribution in [1.29, 1.82) is 0 Å². The zero-order valence-electron chi connectivity index (χ0n) is 24.4. The maximum absolute atomic E-state index is 2.49. The predicted octanol–water partition coefficient (Wildman–Crippen LogP) is 9.67. The van der Waals surface area contributed by atoms with Crippen LogP contribution < -0.4 is 0 Å². The highest BCUT2D eigenvalue weighted by atomic mass is 14.3. The summed E-state index contributed by atoms with van der Waals surface area (Å²) in [4.78, 5) is 0. The Morgan fingerprint density at radius 3 is 1.00 bits per heavy atom. The molecule has 0 N–H and O–H groups in total. The van der Waals surface area contributed by atoms with Crippen molar-refractivity contribution in [1.82, 2.24) is 0 Å². The minimum atomic E-state index is 0.155. The Hall–Kier alpha value is -1.56. The first-order valence-corrected chi connectivity index (χ1v) is 13.0. The normalized spacial score (nSPS) is 13.5. The van der Waals surface area contributed by atoms with Gasteiger partial charge >= 0.3 is 0 Å². The molecule has 0 saturated carbocycles. The molecule has 0 nitrogen and oxygen atoms in total. The van der Waals surface area contributed by atoms with Gasteiger partial charge in [0.15, 0.2) is 0 Å². The lowest BCUT2D eigenvalue weighted by Gasteiger charge is -2.30. The van der Waals surface area contributed by atoms with Crippen molar-refractivity contribution < 1.29 is 0 Å². The van der Waals surface area contributed by atoms with Gasteiger partial charge in [-0.2, -0.15) is 0 Å². The third kappa shape index (κ3) is 6.74. The van der Waals surface area contributed by atoms with Crippen LogP contribution in [0.5, 0.6) is 0 Å². The fraction of sp³-hybridized carbons (Fsp3) is 0.636. The van der Waals surface area contributed by atoms with Crippen molar-refractivity contribution in [3.63, 3.8) is 0 Å². The molecule has 0 fully saturated rings. The lowest BCUT2D eigenvalue weighted by Crippen LogP contribution is -2.20. The summed E-state index contributed by atoms with van der Waals surface area (Å²) in [6.45, 7) is 32.8. The van der Waals surface area contributed by atoms with Crippen LogP contribution in [0.2, 0.25) is 0 Å². The summed E-state index contributed by atoms with van der Waals surface area (Å²) in [6.07, 6.45) is 3.48. The first kappa shape index (κ1) is 27.7. The molecule has 0 aliphatic heterocycles. The second kappa shape index (κ2) is 9.24. The van der Waals surface area contributed by atoms with Crippen molar-refractivity contribution in [2.45, 2.75) is 138 Å². The summed E-state index contributed by atoms with van der Waals surface area (Å²) in [5.74, 6) is 0. The fourth-order valence-electron chi connectivity index (χ4n) is 4.94. The summed E-state index contributed by atoms with van der Waals surface area (Å²) < 4.78 is 0. The number of aryl methyl sites for hydroxylation is 2. The first-order chi connectivity index (χ1) is 14.7. The molecule has 0 radical (unpaired) electrons. The highest BCUT2D eigenvalue weighted by Gasteiger charge is 2.26. The standard InChI is InChI=1S/C33H52/c1-22-18-24(30(3,4)5)20-28(32(9,10)11)26(22)16-15-17-27-23(2)19-25(31(6,7)8)21-29(27)33(12,13)14/h18-21H,15-17H2,1-14H3. The average Bonchev–Trinajstić information content (AvgIpc) is 2.59. The van der Waals surface area contributed by atoms with E-state index in [4.69, 9.17) is 0 Å². The van der Waals surface area contributed by atoms with Gasteiger partial charge in [0.05, 0.1) is 0 Å². The van der Waals surface area contributed by atoms with Gasteiger partial charge < -0.3 is 0 Å². The molecular weight excluding hydrogens is 396 g/mol. The van der Waals surface area contributed by atoms with E-state index in [0.717, 1.165) is 12.8 Å². The number of rotatable bonds is 4. The Balaban J connectivity index is 2.43. The van der Waals surface area contributed by atoms with E-state index >= 15 is 0 Å². The van der Waals surface area contributed by atoms with Crippen LogP contribution in [0.1, 0.15) is 134 Å². The maximum atomic E-state index is 2.49. The molecule has 0 amide bonds. The topological polar surface area (TPSA) is 0 Å². The number of hydrogen-bond donors (Lipinski definition) is 0. The van der Waals surface area contributed by atoms with Gasteiger partial charge in [0, 0.05) is 0 Å². The van der Waals surface area contributed by atoms with Crippen LogP contribution in [0, 0.1) is 13.8 Å². The van der Waals surface area contributed by atoms with Crippen molar-refractivity contribution in [2.24, 2.45) is 0 Å². The van der Waals surface area contributed by atoms with Crippen molar-refractivity contribution in [2.75, 3.05) is 0 Å². The average molecular weight is 449 g/mol. The minimum absolute atomic E-state index is 0.155. The SMILES string of the molecule is Cc1cc(C(C)(C)C)cc(C(C)(C)C)c1CCCc1c(C)cc(C(C)(C)C)cc1C(C)(C)C. The predicted molar refractivity (Wildman–Crippen MR) is 149 cm³/mol. The van der Waals surface area contributed by atoms with E-state index in [1.807, 2.05) is 0 Å². The quantitative estimate of drug-likeness (QED) is 0.436. The lowest BCUT2D eigenvalue weighted by molar-refractivity contribution is 0.556. The molecule has 0 atom stereocenters. The Morgan fingerprint density at radius 2 is 0.758 bits per heavy atom. The zero-order valence-corrected chi connectivity index (χ0v) is 24.4. The first-order valence-electron chi connectivity index (χ1n) is 13.0. The number of hydrogen-bond acceptors (Lipinski definition) is 0. The third-order valence-electron chi connectivity index (χ3n) is 7.15. The molecule has 0 spiro atoms. The maximum Gasteiger partial charge on any atom is -0.0129 e. The molecule has 33 heavy (non-hydrogen) atoms. The third-order valence-corrected chi connectivity index (χ3v) is 7.15. The molecule has 0 unspecified atom stereocenters. The zero-order chi connectivity index (χ0) is 25.6. The van der Waals surface area contributed by atoms with Gasteiger partial charge in [-0.1, -0.05) is 107 Å². The van der Waals surface area contributed by atoms with Gasteiger partial charge in [0.25, 0.3) is 0 Å². The molecular formula is C33H52. The summed E-state index contributed by atoms with van der Waals surface area (Å²) in [5.41, 5.74) is 12.7.